The Morgan fingerprint density at radius 1 is 1.15 bits per heavy atom. The molecule has 0 aliphatic heterocycles. The second-order valence-corrected chi connectivity index (χ2v) is 6.41. The molecule has 0 aliphatic carbocycles. The van der Waals surface area contributed by atoms with Gasteiger partial charge in [-0.3, -0.25) is 9.89 Å². The summed E-state index contributed by atoms with van der Waals surface area (Å²) >= 11 is 0. The van der Waals surface area contributed by atoms with E-state index in [4.69, 9.17) is 9.72 Å². The fraction of sp³-hybridized carbons (Fsp3) is 0.143. The first-order valence-electron chi connectivity index (χ1n) is 8.59. The maximum Gasteiger partial charge on any atom is 0.272 e. The molecule has 4 aromatic rings. The van der Waals surface area contributed by atoms with Crippen molar-refractivity contribution in [1.82, 2.24) is 14.6 Å². The standard InChI is InChI=1S/C21H19N3O3/c1-13-20(15-8-9-18(27-2)17(25)11-15)21-22-16(12-19(26)24(21)23-13)10-14-6-4-3-5-7-14/h3-9,11-12,23,25H,10H2,1-2H3. The van der Waals surface area contributed by atoms with Gasteiger partial charge in [0.15, 0.2) is 17.1 Å². The van der Waals surface area contributed by atoms with E-state index in [1.165, 1.54) is 11.6 Å². The van der Waals surface area contributed by atoms with E-state index >= 15 is 0 Å². The Balaban J connectivity index is 1.87. The first-order valence-corrected chi connectivity index (χ1v) is 8.59. The topological polar surface area (TPSA) is 79.6 Å². The predicted molar refractivity (Wildman–Crippen MR) is 103 cm³/mol. The van der Waals surface area contributed by atoms with Crippen LogP contribution in [0.5, 0.6) is 11.5 Å². The highest BCUT2D eigenvalue weighted by molar-refractivity contribution is 5.81. The number of phenols is 1. The lowest BCUT2D eigenvalue weighted by Gasteiger charge is -2.07. The molecular weight excluding hydrogens is 342 g/mol. The summed E-state index contributed by atoms with van der Waals surface area (Å²) in [4.78, 5) is 17.3. The Kier molecular flexibility index (Phi) is 4.16. The SMILES string of the molecule is COc1ccc(-c2c(C)[nH]n3c(=O)cc(Cc4ccccc4)nc23)cc1O. The summed E-state index contributed by atoms with van der Waals surface area (Å²) in [6.07, 6.45) is 0.574. The summed E-state index contributed by atoms with van der Waals surface area (Å²) in [5.74, 6) is 0.433. The van der Waals surface area contributed by atoms with Crippen LogP contribution >= 0.6 is 0 Å². The maximum absolute atomic E-state index is 12.6. The number of aryl methyl sites for hydroxylation is 1. The van der Waals surface area contributed by atoms with Crippen molar-refractivity contribution < 1.29 is 9.84 Å². The quantitative estimate of drug-likeness (QED) is 0.584. The van der Waals surface area contributed by atoms with Gasteiger partial charge in [0.25, 0.3) is 5.56 Å². The Morgan fingerprint density at radius 2 is 1.93 bits per heavy atom. The van der Waals surface area contributed by atoms with Gasteiger partial charge in [-0.15, -0.1) is 0 Å². The third kappa shape index (κ3) is 3.06. The molecule has 2 aromatic carbocycles. The molecule has 0 spiro atoms. The number of nitrogens with one attached hydrogen (secondary N) is 1. The minimum absolute atomic E-state index is 0.0385. The van der Waals surface area contributed by atoms with Gasteiger partial charge in [0.1, 0.15) is 0 Å². The minimum Gasteiger partial charge on any atom is -0.504 e. The molecule has 0 radical (unpaired) electrons. The van der Waals surface area contributed by atoms with Crippen LogP contribution in [0.2, 0.25) is 0 Å². The van der Waals surface area contributed by atoms with Crippen molar-refractivity contribution in [2.45, 2.75) is 13.3 Å². The van der Waals surface area contributed by atoms with Crippen LogP contribution in [-0.4, -0.2) is 26.8 Å². The molecule has 0 aliphatic rings. The number of rotatable bonds is 4. The van der Waals surface area contributed by atoms with E-state index in [1.807, 2.05) is 43.3 Å². The van der Waals surface area contributed by atoms with Crippen molar-refractivity contribution in [3.8, 4) is 22.6 Å². The van der Waals surface area contributed by atoms with Crippen LogP contribution in [-0.2, 0) is 6.42 Å². The minimum atomic E-state index is -0.169. The summed E-state index contributed by atoms with van der Waals surface area (Å²) < 4.78 is 6.54. The average Bonchev–Trinajstić information content (AvgIpc) is 2.99. The highest BCUT2D eigenvalue weighted by atomic mass is 16.5. The number of nitrogens with zero attached hydrogens (tertiary/aromatic N) is 2. The van der Waals surface area contributed by atoms with Gasteiger partial charge >= 0.3 is 0 Å². The van der Waals surface area contributed by atoms with Crippen LogP contribution in [0.3, 0.4) is 0 Å². The molecule has 0 bridgehead atoms. The number of hydrogen-bond acceptors (Lipinski definition) is 4. The average molecular weight is 361 g/mol. The highest BCUT2D eigenvalue weighted by Crippen LogP contribution is 2.34. The van der Waals surface area contributed by atoms with E-state index in [0.29, 0.717) is 23.5 Å². The molecule has 0 atom stereocenters. The monoisotopic (exact) mass is 361 g/mol. The number of methoxy groups -OCH3 is 1. The largest absolute Gasteiger partial charge is 0.504 e. The first kappa shape index (κ1) is 16.9. The molecule has 136 valence electrons. The lowest BCUT2D eigenvalue weighted by atomic mass is 10.1. The summed E-state index contributed by atoms with van der Waals surface area (Å²) in [6.45, 7) is 1.88. The number of aromatic hydroxyl groups is 1. The number of H-pyrrole nitrogens is 1. The van der Waals surface area contributed by atoms with Crippen LogP contribution < -0.4 is 10.3 Å². The van der Waals surface area contributed by atoms with Crippen LogP contribution in [0.15, 0.2) is 59.4 Å². The molecule has 6 nitrogen and oxygen atoms in total. The van der Waals surface area contributed by atoms with Gasteiger partial charge < -0.3 is 9.84 Å². The van der Waals surface area contributed by atoms with Gasteiger partial charge in [-0.25, -0.2) is 9.50 Å². The van der Waals surface area contributed by atoms with Crippen molar-refractivity contribution in [3.63, 3.8) is 0 Å². The molecule has 0 saturated heterocycles. The summed E-state index contributed by atoms with van der Waals surface area (Å²) in [6, 6.07) is 16.6. The van der Waals surface area contributed by atoms with Gasteiger partial charge in [-0.2, -0.15) is 0 Å². The lowest BCUT2D eigenvalue weighted by molar-refractivity contribution is 0.373. The number of benzene rings is 2. The van der Waals surface area contributed by atoms with E-state index < -0.39 is 0 Å². The number of phenolic OH excluding ortho intramolecular Hbond substituents is 1. The third-order valence-electron chi connectivity index (χ3n) is 4.55. The number of aromatic nitrogens is 3. The molecule has 6 heteroatoms. The third-order valence-corrected chi connectivity index (χ3v) is 4.55. The molecule has 0 saturated carbocycles. The molecule has 0 unspecified atom stereocenters. The predicted octanol–water partition coefficient (Wildman–Crippen LogP) is 3.30. The van der Waals surface area contributed by atoms with Crippen LogP contribution in [0, 0.1) is 6.92 Å². The van der Waals surface area contributed by atoms with Gasteiger partial charge in [-0.1, -0.05) is 36.4 Å². The number of ether oxygens (including phenoxy) is 1. The molecule has 27 heavy (non-hydrogen) atoms. The van der Waals surface area contributed by atoms with Crippen LogP contribution in [0.4, 0.5) is 0 Å². The molecule has 2 N–H and O–H groups in total. The van der Waals surface area contributed by atoms with Crippen LogP contribution in [0.1, 0.15) is 17.0 Å². The van der Waals surface area contributed by atoms with Gasteiger partial charge in [-0.05, 0) is 30.2 Å². The zero-order chi connectivity index (χ0) is 19.0. The number of aromatic amines is 1. The van der Waals surface area contributed by atoms with Crippen molar-refractivity contribution in [1.29, 1.82) is 0 Å². The molecule has 4 rings (SSSR count). The number of hydrogen-bond donors (Lipinski definition) is 2. The smallest absolute Gasteiger partial charge is 0.272 e. The van der Waals surface area contributed by atoms with Gasteiger partial charge in [0.05, 0.1) is 12.8 Å². The number of fused-ring (bicyclic) bond motifs is 1. The van der Waals surface area contributed by atoms with Gasteiger partial charge in [0, 0.05) is 23.7 Å². The first-order chi connectivity index (χ1) is 13.1. The Bertz CT molecular complexity index is 1180. The van der Waals surface area contributed by atoms with E-state index in [-0.39, 0.29) is 11.3 Å². The van der Waals surface area contributed by atoms with Gasteiger partial charge in [0.2, 0.25) is 0 Å². The van der Waals surface area contributed by atoms with E-state index in [1.54, 1.807) is 18.2 Å². The zero-order valence-corrected chi connectivity index (χ0v) is 15.1. The summed E-state index contributed by atoms with van der Waals surface area (Å²) in [5.41, 5.74) is 4.48. The molecule has 0 fully saturated rings. The highest BCUT2D eigenvalue weighted by Gasteiger charge is 2.16. The van der Waals surface area contributed by atoms with Crippen molar-refractivity contribution >= 4 is 5.65 Å². The van der Waals surface area contributed by atoms with E-state index in [0.717, 1.165) is 22.4 Å². The summed E-state index contributed by atoms with van der Waals surface area (Å²) in [5, 5.41) is 13.2. The Labute approximate surface area is 155 Å². The maximum atomic E-state index is 12.6. The Hall–Kier alpha value is -3.54. The van der Waals surface area contributed by atoms with Crippen molar-refractivity contribution in [2.24, 2.45) is 0 Å². The van der Waals surface area contributed by atoms with E-state index in [2.05, 4.69) is 5.10 Å². The van der Waals surface area contributed by atoms with Crippen molar-refractivity contribution in [2.75, 3.05) is 7.11 Å². The Morgan fingerprint density at radius 3 is 2.63 bits per heavy atom. The molecular formula is C21H19N3O3. The van der Waals surface area contributed by atoms with E-state index in [9.17, 15) is 9.90 Å². The second-order valence-electron chi connectivity index (χ2n) is 6.41. The fourth-order valence-electron chi connectivity index (χ4n) is 3.28. The lowest BCUT2D eigenvalue weighted by Crippen LogP contribution is -2.15. The zero-order valence-electron chi connectivity index (χ0n) is 15.1. The molecule has 2 heterocycles. The van der Waals surface area contributed by atoms with Crippen LogP contribution in [0.25, 0.3) is 16.8 Å². The molecule has 0 amide bonds. The van der Waals surface area contributed by atoms with Crippen molar-refractivity contribution in [3.05, 3.63) is 81.9 Å². The molecule has 2 aromatic heterocycles. The normalized spacial score (nSPS) is 11.0. The summed E-state index contributed by atoms with van der Waals surface area (Å²) in [7, 11) is 1.50. The fourth-order valence-corrected chi connectivity index (χ4v) is 3.28. The second kappa shape index (κ2) is 6.64.